The number of fused-ring (bicyclic) bond motifs is 4. The van der Waals surface area contributed by atoms with Gasteiger partial charge in [-0.15, -0.1) is 0 Å². The fourth-order valence-corrected chi connectivity index (χ4v) is 5.15. The molecule has 3 amide bonds. The van der Waals surface area contributed by atoms with Crippen LogP contribution in [0.3, 0.4) is 0 Å². The van der Waals surface area contributed by atoms with E-state index in [4.69, 9.17) is 9.57 Å². The zero-order valence-electron chi connectivity index (χ0n) is 19.2. The van der Waals surface area contributed by atoms with Crippen molar-refractivity contribution in [3.8, 4) is 11.1 Å². The molecule has 6 rings (SSSR count). The van der Waals surface area contributed by atoms with Crippen LogP contribution in [-0.4, -0.2) is 41.6 Å². The predicted molar refractivity (Wildman–Crippen MR) is 128 cm³/mol. The normalized spacial score (nSPS) is 19.7. The van der Waals surface area contributed by atoms with Gasteiger partial charge in [-0.3, -0.25) is 9.59 Å². The van der Waals surface area contributed by atoms with Gasteiger partial charge in [0.1, 0.15) is 6.61 Å². The lowest BCUT2D eigenvalue weighted by Gasteiger charge is -2.34. The summed E-state index contributed by atoms with van der Waals surface area (Å²) in [4.78, 5) is 54.8. The molecular weight excluding hydrogens is 460 g/mol. The summed E-state index contributed by atoms with van der Waals surface area (Å²) in [5.74, 6) is -2.54. The number of carbonyl (C=O) groups excluding carboxylic acids is 4. The molecule has 0 radical (unpaired) electrons. The SMILES string of the molecule is O=C(NC1CC(C(=O)ON2C(=O)c3ccccc3C2=O)C1)OCC1c2ccccc2-c2ccccc21. The molecule has 0 aromatic heterocycles. The molecule has 8 heteroatoms. The highest BCUT2D eigenvalue weighted by Crippen LogP contribution is 2.44. The maximum Gasteiger partial charge on any atom is 0.407 e. The van der Waals surface area contributed by atoms with Crippen LogP contribution in [0.5, 0.6) is 0 Å². The highest BCUT2D eigenvalue weighted by molar-refractivity contribution is 6.20. The molecule has 0 saturated heterocycles. The van der Waals surface area contributed by atoms with Crippen molar-refractivity contribution < 1.29 is 28.8 Å². The lowest BCUT2D eigenvalue weighted by atomic mass is 9.80. The number of benzene rings is 3. The van der Waals surface area contributed by atoms with Gasteiger partial charge in [0, 0.05) is 12.0 Å². The molecule has 2 aliphatic carbocycles. The third kappa shape index (κ3) is 3.62. The van der Waals surface area contributed by atoms with Gasteiger partial charge >= 0.3 is 12.1 Å². The van der Waals surface area contributed by atoms with Gasteiger partial charge in [-0.25, -0.2) is 9.59 Å². The van der Waals surface area contributed by atoms with Crippen LogP contribution in [0.25, 0.3) is 11.1 Å². The first kappa shape index (κ1) is 22.0. The zero-order valence-corrected chi connectivity index (χ0v) is 19.2. The van der Waals surface area contributed by atoms with Crippen LogP contribution >= 0.6 is 0 Å². The van der Waals surface area contributed by atoms with E-state index in [1.807, 2.05) is 24.3 Å². The number of hydrogen-bond acceptors (Lipinski definition) is 6. The molecule has 0 atom stereocenters. The maximum absolute atomic E-state index is 12.5. The fraction of sp³-hybridized carbons (Fsp3) is 0.214. The van der Waals surface area contributed by atoms with Gasteiger partial charge in [-0.05, 0) is 47.2 Å². The number of alkyl carbamates (subject to hydrolysis) is 1. The number of nitrogens with one attached hydrogen (secondary N) is 1. The van der Waals surface area contributed by atoms with E-state index >= 15 is 0 Å². The van der Waals surface area contributed by atoms with E-state index in [9.17, 15) is 19.2 Å². The Morgan fingerprint density at radius 3 is 1.83 bits per heavy atom. The molecule has 36 heavy (non-hydrogen) atoms. The van der Waals surface area contributed by atoms with Crippen LogP contribution in [0.15, 0.2) is 72.8 Å². The summed E-state index contributed by atoms with van der Waals surface area (Å²) < 4.78 is 5.55. The standard InChI is InChI=1S/C28H22N2O6/c31-25-22-11-5-6-12-23(22)26(32)30(25)36-27(33)16-13-17(14-16)29-28(34)35-15-24-20-9-3-1-7-18(20)19-8-2-4-10-21(19)24/h1-12,16-17,24H,13-15H2,(H,29,34). The Bertz CT molecular complexity index is 1330. The van der Waals surface area contributed by atoms with Gasteiger partial charge in [-0.1, -0.05) is 65.7 Å². The van der Waals surface area contributed by atoms with Crippen LogP contribution in [-0.2, 0) is 14.4 Å². The highest BCUT2D eigenvalue weighted by Gasteiger charge is 2.43. The predicted octanol–water partition coefficient (Wildman–Crippen LogP) is 4.06. The Balaban J connectivity index is 0.999. The van der Waals surface area contributed by atoms with Crippen molar-refractivity contribution in [2.75, 3.05) is 6.61 Å². The molecule has 3 aliphatic rings. The molecule has 8 nitrogen and oxygen atoms in total. The molecule has 1 aliphatic heterocycles. The van der Waals surface area contributed by atoms with Crippen molar-refractivity contribution in [3.63, 3.8) is 0 Å². The topological polar surface area (TPSA) is 102 Å². The first-order valence-corrected chi connectivity index (χ1v) is 11.8. The first-order chi connectivity index (χ1) is 17.5. The van der Waals surface area contributed by atoms with Crippen LogP contribution in [0.2, 0.25) is 0 Å². The van der Waals surface area contributed by atoms with Gasteiger partial charge in [-0.2, -0.15) is 0 Å². The second kappa shape index (κ2) is 8.64. The summed E-state index contributed by atoms with van der Waals surface area (Å²) in [6, 6.07) is 22.3. The summed E-state index contributed by atoms with van der Waals surface area (Å²) in [5.41, 5.74) is 4.98. The molecule has 0 spiro atoms. The van der Waals surface area contributed by atoms with Gasteiger partial charge in [0.15, 0.2) is 0 Å². The molecule has 180 valence electrons. The molecule has 0 bridgehead atoms. The quantitative estimate of drug-likeness (QED) is 0.551. The van der Waals surface area contributed by atoms with Crippen molar-refractivity contribution in [1.82, 2.24) is 10.4 Å². The molecule has 1 heterocycles. The minimum absolute atomic E-state index is 0.0353. The van der Waals surface area contributed by atoms with E-state index < -0.39 is 29.8 Å². The van der Waals surface area contributed by atoms with Crippen LogP contribution in [0.4, 0.5) is 4.79 Å². The van der Waals surface area contributed by atoms with Crippen LogP contribution < -0.4 is 5.32 Å². The number of hydroxylamine groups is 2. The van der Waals surface area contributed by atoms with Crippen molar-refractivity contribution >= 4 is 23.9 Å². The fourth-order valence-electron chi connectivity index (χ4n) is 5.15. The smallest absolute Gasteiger partial charge is 0.407 e. The Kier molecular flexibility index (Phi) is 5.29. The van der Waals surface area contributed by atoms with Crippen LogP contribution in [0.1, 0.15) is 50.6 Å². The minimum atomic E-state index is -0.671. The number of nitrogens with zero attached hydrogens (tertiary/aromatic N) is 1. The van der Waals surface area contributed by atoms with Crippen molar-refractivity contribution in [3.05, 3.63) is 95.1 Å². The van der Waals surface area contributed by atoms with Crippen LogP contribution in [0, 0.1) is 5.92 Å². The largest absolute Gasteiger partial charge is 0.449 e. The van der Waals surface area contributed by atoms with Crippen molar-refractivity contribution in [1.29, 1.82) is 0 Å². The number of hydrogen-bond donors (Lipinski definition) is 1. The Morgan fingerprint density at radius 1 is 0.778 bits per heavy atom. The summed E-state index contributed by atoms with van der Waals surface area (Å²) in [6.45, 7) is 0.206. The highest BCUT2D eigenvalue weighted by atomic mass is 16.7. The Morgan fingerprint density at radius 2 is 1.28 bits per heavy atom. The third-order valence-corrected chi connectivity index (χ3v) is 7.08. The average Bonchev–Trinajstić information content (AvgIpc) is 3.32. The van der Waals surface area contributed by atoms with Gasteiger partial charge in [0.2, 0.25) is 0 Å². The molecule has 0 unspecified atom stereocenters. The number of amides is 3. The summed E-state index contributed by atoms with van der Waals surface area (Å²) in [5, 5.41) is 3.30. The molecule has 1 saturated carbocycles. The van der Waals surface area contributed by atoms with E-state index in [-0.39, 0.29) is 29.7 Å². The molecule has 3 aromatic carbocycles. The lowest BCUT2D eigenvalue weighted by molar-refractivity contribution is -0.177. The van der Waals surface area contributed by atoms with E-state index in [1.54, 1.807) is 12.1 Å². The van der Waals surface area contributed by atoms with Gasteiger partial charge in [0.25, 0.3) is 11.8 Å². The Labute approximate surface area is 206 Å². The first-order valence-electron chi connectivity index (χ1n) is 11.8. The van der Waals surface area contributed by atoms with Crippen molar-refractivity contribution in [2.24, 2.45) is 5.92 Å². The number of imide groups is 1. The Hall–Kier alpha value is -4.46. The maximum atomic E-state index is 12.5. The minimum Gasteiger partial charge on any atom is -0.449 e. The van der Waals surface area contributed by atoms with E-state index in [2.05, 4.69) is 29.6 Å². The molecule has 1 fully saturated rings. The van der Waals surface area contributed by atoms with Gasteiger partial charge < -0.3 is 14.9 Å². The van der Waals surface area contributed by atoms with Crippen molar-refractivity contribution in [2.45, 2.75) is 24.8 Å². The summed E-state index contributed by atoms with van der Waals surface area (Å²) in [7, 11) is 0. The number of rotatable bonds is 5. The third-order valence-electron chi connectivity index (χ3n) is 7.08. The van der Waals surface area contributed by atoms with Gasteiger partial charge in [0.05, 0.1) is 17.0 Å². The summed E-state index contributed by atoms with van der Waals surface area (Å²) >= 11 is 0. The molecule has 3 aromatic rings. The molecular formula is C28H22N2O6. The monoisotopic (exact) mass is 482 g/mol. The zero-order chi connectivity index (χ0) is 24.8. The molecule has 1 N–H and O–H groups in total. The lowest BCUT2D eigenvalue weighted by Crippen LogP contribution is -2.48. The second-order valence-electron chi connectivity index (χ2n) is 9.20. The summed E-state index contributed by atoms with van der Waals surface area (Å²) in [6.07, 6.45) is 0.132. The number of carbonyl (C=O) groups is 4. The average molecular weight is 482 g/mol. The number of ether oxygens (including phenoxy) is 1. The van der Waals surface area contributed by atoms with E-state index in [0.717, 1.165) is 22.3 Å². The van der Waals surface area contributed by atoms with E-state index in [1.165, 1.54) is 12.1 Å². The van der Waals surface area contributed by atoms with E-state index in [0.29, 0.717) is 17.9 Å². The second-order valence-corrected chi connectivity index (χ2v) is 9.20.